The predicted octanol–water partition coefficient (Wildman–Crippen LogP) is 3.51. The Morgan fingerprint density at radius 3 is 3.00 bits per heavy atom. The lowest BCUT2D eigenvalue weighted by molar-refractivity contribution is -0.419. The van der Waals surface area contributed by atoms with Gasteiger partial charge in [0, 0.05) is 18.0 Å². The molecule has 3 N–H and O–H groups in total. The topological polar surface area (TPSA) is 162 Å². The third-order valence-corrected chi connectivity index (χ3v) is 5.30. The van der Waals surface area contributed by atoms with Crippen LogP contribution in [0.4, 0.5) is 11.1 Å². The molecular weight excluding hydrogens is 408 g/mol. The van der Waals surface area contributed by atoms with Crippen LogP contribution in [-0.4, -0.2) is 31.8 Å². The first kappa shape index (κ1) is 21.3. The Bertz CT molecular complexity index is 1060. The molecule has 11 nitrogen and oxygen atoms in total. The summed E-state index contributed by atoms with van der Waals surface area (Å²) in [6.45, 7) is 3.60. The average molecular weight is 428 g/mol. The van der Waals surface area contributed by atoms with Gasteiger partial charge in [-0.15, -0.1) is 10.2 Å². The zero-order chi connectivity index (χ0) is 21.7. The molecule has 0 saturated heterocycles. The number of rotatable bonds is 7. The van der Waals surface area contributed by atoms with E-state index in [1.165, 1.54) is 17.4 Å². The van der Waals surface area contributed by atoms with Gasteiger partial charge in [-0.2, -0.15) is 0 Å². The van der Waals surface area contributed by atoms with Gasteiger partial charge in [0.25, 0.3) is 11.6 Å². The number of nitrogens with two attached hydrogens (primary N) is 1. The summed E-state index contributed by atoms with van der Waals surface area (Å²) in [4.78, 5) is 36.0. The molecule has 12 heteroatoms. The molecule has 0 saturated carbocycles. The minimum Gasteiger partial charge on any atom is -0.328 e. The summed E-state index contributed by atoms with van der Waals surface area (Å²) in [6.07, 6.45) is 6.32. The summed E-state index contributed by atoms with van der Waals surface area (Å²) in [6, 6.07) is 1.05. The lowest BCUT2D eigenvalue weighted by atomic mass is 10.1. The number of carbonyl (C=O) groups is 1. The van der Waals surface area contributed by atoms with Crippen LogP contribution in [0.1, 0.15) is 31.9 Å². The van der Waals surface area contributed by atoms with E-state index in [0.717, 1.165) is 4.88 Å². The van der Waals surface area contributed by atoms with Gasteiger partial charge in [-0.3, -0.25) is 14.9 Å². The number of azo groups is 1. The van der Waals surface area contributed by atoms with Gasteiger partial charge in [0.1, 0.15) is 0 Å². The van der Waals surface area contributed by atoms with Gasteiger partial charge in [0.2, 0.25) is 11.1 Å². The smallest absolute Gasteiger partial charge is 0.281 e. The zero-order valence-corrected chi connectivity index (χ0v) is 17.2. The van der Waals surface area contributed by atoms with Crippen LogP contribution in [0.15, 0.2) is 46.0 Å². The summed E-state index contributed by atoms with van der Waals surface area (Å²) in [7, 11) is 0. The standard InChI is InChI=1S/C18H20N8O3S/c1-3-13(19)16(27)24-25-18-21-10(2)15(30-18)14-7-8-20-17(23-14)22-11-5-4-6-12(9-11)26(28)29/h6-9,13H,3-5,19H2,1-2H3,(H,20,22,23)/t13-/m1/s1. The first-order valence-electron chi connectivity index (χ1n) is 9.21. The lowest BCUT2D eigenvalue weighted by Gasteiger charge is -2.11. The van der Waals surface area contributed by atoms with Gasteiger partial charge in [-0.1, -0.05) is 18.3 Å². The number of thiazole rings is 1. The Labute approximate surface area is 176 Å². The highest BCUT2D eigenvalue weighted by Gasteiger charge is 2.16. The molecular formula is C18H20N8O3S. The van der Waals surface area contributed by atoms with Gasteiger partial charge in [0.05, 0.1) is 27.2 Å². The number of aryl methyl sites for hydroxylation is 1. The van der Waals surface area contributed by atoms with Crippen molar-refractivity contribution in [2.45, 2.75) is 39.2 Å². The molecule has 0 aliphatic heterocycles. The predicted molar refractivity (Wildman–Crippen MR) is 112 cm³/mol. The van der Waals surface area contributed by atoms with Crippen LogP contribution in [0.2, 0.25) is 0 Å². The number of carbonyl (C=O) groups excluding carboxylic acids is 1. The molecule has 2 heterocycles. The molecule has 2 aromatic heterocycles. The largest absolute Gasteiger partial charge is 0.328 e. The molecule has 0 spiro atoms. The first-order chi connectivity index (χ1) is 14.4. The van der Waals surface area contributed by atoms with Crippen molar-refractivity contribution >= 4 is 28.3 Å². The van der Waals surface area contributed by atoms with Crippen LogP contribution in [0.3, 0.4) is 0 Å². The Morgan fingerprint density at radius 1 is 1.47 bits per heavy atom. The summed E-state index contributed by atoms with van der Waals surface area (Å²) >= 11 is 1.24. The van der Waals surface area contributed by atoms with E-state index in [1.54, 1.807) is 32.2 Å². The van der Waals surface area contributed by atoms with Gasteiger partial charge in [-0.05, 0) is 38.3 Å². The number of hydrogen-bond donors (Lipinski definition) is 2. The van der Waals surface area contributed by atoms with Crippen LogP contribution >= 0.6 is 11.3 Å². The van der Waals surface area contributed by atoms with E-state index in [4.69, 9.17) is 5.73 Å². The van der Waals surface area contributed by atoms with Gasteiger partial charge < -0.3 is 11.1 Å². The fraction of sp³-hybridized carbons (Fsp3) is 0.333. The van der Waals surface area contributed by atoms with Crippen LogP contribution in [-0.2, 0) is 4.79 Å². The first-order valence-corrected chi connectivity index (χ1v) is 10.0. The van der Waals surface area contributed by atoms with Crippen LogP contribution in [0.5, 0.6) is 0 Å². The number of allylic oxidation sites excluding steroid dienone is 3. The molecule has 156 valence electrons. The number of nitrogens with one attached hydrogen (secondary N) is 1. The van der Waals surface area contributed by atoms with E-state index in [0.29, 0.717) is 47.4 Å². The van der Waals surface area contributed by atoms with Crippen molar-refractivity contribution in [2.24, 2.45) is 16.0 Å². The number of aromatic nitrogens is 3. The van der Waals surface area contributed by atoms with E-state index in [-0.39, 0.29) is 5.70 Å². The second-order valence-electron chi connectivity index (χ2n) is 6.45. The van der Waals surface area contributed by atoms with Gasteiger partial charge in [0.15, 0.2) is 0 Å². The number of anilines is 1. The van der Waals surface area contributed by atoms with Crippen molar-refractivity contribution in [3.05, 3.63) is 51.6 Å². The highest BCUT2D eigenvalue weighted by Crippen LogP contribution is 2.33. The fourth-order valence-corrected chi connectivity index (χ4v) is 3.46. The molecule has 3 rings (SSSR count). The van der Waals surface area contributed by atoms with Crippen molar-refractivity contribution in [1.82, 2.24) is 15.0 Å². The van der Waals surface area contributed by atoms with E-state index in [1.807, 2.05) is 0 Å². The van der Waals surface area contributed by atoms with Gasteiger partial charge >= 0.3 is 0 Å². The molecule has 1 amide bonds. The van der Waals surface area contributed by atoms with Crippen LogP contribution in [0, 0.1) is 17.0 Å². The molecule has 1 aliphatic rings. The minimum atomic E-state index is -0.676. The Kier molecular flexibility index (Phi) is 6.69. The van der Waals surface area contributed by atoms with Crippen LogP contribution in [0.25, 0.3) is 10.6 Å². The monoisotopic (exact) mass is 428 g/mol. The molecule has 0 fully saturated rings. The van der Waals surface area contributed by atoms with Crippen LogP contribution < -0.4 is 11.1 Å². The van der Waals surface area contributed by atoms with E-state index < -0.39 is 16.9 Å². The Balaban J connectivity index is 1.79. The highest BCUT2D eigenvalue weighted by molar-refractivity contribution is 7.18. The van der Waals surface area contributed by atoms with Crippen molar-refractivity contribution in [3.63, 3.8) is 0 Å². The molecule has 0 aromatic carbocycles. The summed E-state index contributed by atoms with van der Waals surface area (Å²) in [5.74, 6) is -0.173. The molecule has 2 aromatic rings. The van der Waals surface area contributed by atoms with E-state index in [9.17, 15) is 14.9 Å². The number of nitrogens with zero attached hydrogens (tertiary/aromatic N) is 6. The van der Waals surface area contributed by atoms with E-state index in [2.05, 4.69) is 30.5 Å². The van der Waals surface area contributed by atoms with Crippen molar-refractivity contribution in [1.29, 1.82) is 0 Å². The molecule has 0 radical (unpaired) electrons. The Hall–Kier alpha value is -3.38. The summed E-state index contributed by atoms with van der Waals surface area (Å²) in [5, 5.41) is 21.8. The summed E-state index contributed by atoms with van der Waals surface area (Å²) in [5.41, 5.74) is 7.65. The van der Waals surface area contributed by atoms with E-state index >= 15 is 0 Å². The maximum absolute atomic E-state index is 11.7. The number of amides is 1. The SMILES string of the molecule is CC[C@@H](N)C(=O)N=Nc1nc(C)c(-c2ccnc(NC3=CC([N+](=O)[O-])=CCC3)n2)s1. The zero-order valence-electron chi connectivity index (χ0n) is 16.4. The maximum Gasteiger partial charge on any atom is 0.281 e. The average Bonchev–Trinajstić information content (AvgIpc) is 3.12. The third kappa shape index (κ3) is 5.15. The molecule has 0 unspecified atom stereocenters. The third-order valence-electron chi connectivity index (χ3n) is 4.24. The second-order valence-corrected chi connectivity index (χ2v) is 7.43. The molecule has 30 heavy (non-hydrogen) atoms. The summed E-state index contributed by atoms with van der Waals surface area (Å²) < 4.78 is 0. The second kappa shape index (κ2) is 9.41. The molecule has 0 bridgehead atoms. The van der Waals surface area contributed by atoms with Crippen molar-refractivity contribution in [2.75, 3.05) is 5.32 Å². The van der Waals surface area contributed by atoms with Crippen molar-refractivity contribution < 1.29 is 9.72 Å². The molecule has 1 aliphatic carbocycles. The highest BCUT2D eigenvalue weighted by atomic mass is 32.1. The van der Waals surface area contributed by atoms with Gasteiger partial charge in [-0.25, -0.2) is 15.0 Å². The lowest BCUT2D eigenvalue weighted by Crippen LogP contribution is -2.27. The number of nitro groups is 1. The maximum atomic E-state index is 11.7. The van der Waals surface area contributed by atoms with Crippen molar-refractivity contribution in [3.8, 4) is 10.6 Å². The quantitative estimate of drug-likeness (QED) is 0.384. The Morgan fingerprint density at radius 2 is 2.27 bits per heavy atom. The molecule has 1 atom stereocenters. The normalized spacial score (nSPS) is 14.9. The number of hydrogen-bond acceptors (Lipinski definition) is 10. The minimum absolute atomic E-state index is 0.0468. The fourth-order valence-electron chi connectivity index (χ4n) is 2.60.